The number of nitrogens with zero attached hydrogens (tertiary/aromatic N) is 1. The first-order valence-electron chi connectivity index (χ1n) is 9.61. The molecule has 0 aromatic heterocycles. The van der Waals surface area contributed by atoms with Gasteiger partial charge in [-0.3, -0.25) is 0 Å². The van der Waals surface area contributed by atoms with Gasteiger partial charge in [0.15, 0.2) is 0 Å². The summed E-state index contributed by atoms with van der Waals surface area (Å²) in [5, 5.41) is 25.0. The maximum absolute atomic E-state index is 13.8. The average Bonchev–Trinajstić information content (AvgIpc) is 2.70. The molecule has 3 unspecified atom stereocenters. The number of allylic oxidation sites excluding steroid dienone is 2. The summed E-state index contributed by atoms with van der Waals surface area (Å²) < 4.78 is 68.6. The van der Waals surface area contributed by atoms with Gasteiger partial charge in [-0.25, -0.2) is 8.78 Å². The van der Waals surface area contributed by atoms with Crippen molar-refractivity contribution in [1.29, 1.82) is 5.26 Å². The zero-order valence-electron chi connectivity index (χ0n) is 17.1. The fourth-order valence-electron chi connectivity index (χ4n) is 4.14. The van der Waals surface area contributed by atoms with E-state index >= 15 is 0 Å². The SMILES string of the molecule is CC1NC(Cc2cccc(F)c2)=C(C#N)C(c2ccc(F)cc2C(F)(F)F)C1(C)C(=O)[O-]. The summed E-state index contributed by atoms with van der Waals surface area (Å²) in [4.78, 5) is 12.2. The highest BCUT2D eigenvalue weighted by molar-refractivity contribution is 5.77. The van der Waals surface area contributed by atoms with Gasteiger partial charge in [-0.05, 0) is 42.3 Å². The number of halogens is 5. The third kappa shape index (κ3) is 4.05. The van der Waals surface area contributed by atoms with Crippen molar-refractivity contribution >= 4 is 5.97 Å². The van der Waals surface area contributed by atoms with E-state index in [0.29, 0.717) is 5.56 Å². The van der Waals surface area contributed by atoms with Crippen molar-refractivity contribution in [3.63, 3.8) is 0 Å². The molecule has 1 aliphatic rings. The molecule has 0 saturated heterocycles. The molecule has 0 saturated carbocycles. The summed E-state index contributed by atoms with van der Waals surface area (Å²) in [6.07, 6.45) is -5.05. The van der Waals surface area contributed by atoms with Crippen molar-refractivity contribution in [2.24, 2.45) is 5.41 Å². The highest BCUT2D eigenvalue weighted by Gasteiger charge is 2.50. The molecule has 0 spiro atoms. The zero-order valence-corrected chi connectivity index (χ0v) is 17.1. The number of carboxylic acids is 1. The number of hydrogen-bond acceptors (Lipinski definition) is 4. The van der Waals surface area contributed by atoms with Crippen LogP contribution in [0.1, 0.15) is 36.5 Å². The maximum atomic E-state index is 13.8. The number of hydrogen-bond donors (Lipinski definition) is 1. The molecule has 0 aliphatic carbocycles. The van der Waals surface area contributed by atoms with Gasteiger partial charge in [0.05, 0.1) is 23.2 Å². The van der Waals surface area contributed by atoms with E-state index in [-0.39, 0.29) is 23.8 Å². The molecular weight excluding hydrogens is 431 g/mol. The van der Waals surface area contributed by atoms with Crippen molar-refractivity contribution in [3.05, 3.63) is 82.1 Å². The van der Waals surface area contributed by atoms with Crippen LogP contribution in [-0.4, -0.2) is 12.0 Å². The number of carbonyl (C=O) groups excluding carboxylic acids is 1. The summed E-state index contributed by atoms with van der Waals surface area (Å²) in [6.45, 7) is 2.63. The Labute approximate surface area is 181 Å². The number of alkyl halides is 3. The topological polar surface area (TPSA) is 76.0 Å². The van der Waals surface area contributed by atoms with Crippen molar-refractivity contribution in [2.75, 3.05) is 0 Å². The van der Waals surface area contributed by atoms with Crippen LogP contribution in [0, 0.1) is 28.4 Å². The summed E-state index contributed by atoms with van der Waals surface area (Å²) in [5.41, 5.74) is -3.58. The van der Waals surface area contributed by atoms with Crippen LogP contribution in [-0.2, 0) is 17.4 Å². The van der Waals surface area contributed by atoms with Gasteiger partial charge in [-0.2, -0.15) is 18.4 Å². The lowest BCUT2D eigenvalue weighted by atomic mass is 9.62. The average molecular weight is 449 g/mol. The van der Waals surface area contributed by atoms with E-state index in [4.69, 9.17) is 0 Å². The Hall–Kier alpha value is -3.41. The Balaban J connectivity index is 2.30. The fraction of sp³-hybridized carbons (Fsp3) is 0.304. The van der Waals surface area contributed by atoms with Crippen molar-refractivity contribution in [1.82, 2.24) is 5.32 Å². The summed E-state index contributed by atoms with van der Waals surface area (Å²) in [5.74, 6) is -4.95. The summed E-state index contributed by atoms with van der Waals surface area (Å²) in [7, 11) is 0. The summed E-state index contributed by atoms with van der Waals surface area (Å²) in [6, 6.07) is 8.20. The van der Waals surface area contributed by atoms with Gasteiger partial charge in [-0.1, -0.05) is 25.1 Å². The predicted octanol–water partition coefficient (Wildman–Crippen LogP) is 3.84. The number of nitrogens with one attached hydrogen (secondary N) is 1. The van der Waals surface area contributed by atoms with Gasteiger partial charge in [0.25, 0.3) is 0 Å². The van der Waals surface area contributed by atoms with Crippen LogP contribution in [0.2, 0.25) is 0 Å². The molecule has 0 bridgehead atoms. The molecule has 0 radical (unpaired) electrons. The third-order valence-corrected chi connectivity index (χ3v) is 5.97. The van der Waals surface area contributed by atoms with E-state index in [0.717, 1.165) is 12.1 Å². The number of rotatable bonds is 4. The molecule has 1 N–H and O–H groups in total. The molecule has 3 atom stereocenters. The van der Waals surface area contributed by atoms with Crippen LogP contribution in [0.3, 0.4) is 0 Å². The summed E-state index contributed by atoms with van der Waals surface area (Å²) >= 11 is 0. The standard InChI is InChI=1S/C23H19F5N2O2/c1-12-22(2,21(31)32)20(16-7-6-15(25)10-18(16)23(26,27)28)17(11-29)19(30-12)9-13-4-3-5-14(24)8-13/h3-8,10,12,20,30H,9H2,1-2H3,(H,31,32)/p-1. The lowest BCUT2D eigenvalue weighted by molar-refractivity contribution is -0.320. The molecule has 0 amide bonds. The van der Waals surface area contributed by atoms with Crippen LogP contribution < -0.4 is 10.4 Å². The van der Waals surface area contributed by atoms with Crippen LogP contribution >= 0.6 is 0 Å². The Morgan fingerprint density at radius 3 is 2.41 bits per heavy atom. The quantitative estimate of drug-likeness (QED) is 0.720. The lowest BCUT2D eigenvalue weighted by Crippen LogP contribution is -2.58. The molecule has 2 aromatic rings. The monoisotopic (exact) mass is 449 g/mol. The Morgan fingerprint density at radius 2 is 1.84 bits per heavy atom. The molecule has 2 aromatic carbocycles. The van der Waals surface area contributed by atoms with Crippen LogP contribution in [0.25, 0.3) is 0 Å². The number of aliphatic carboxylic acids is 1. The largest absolute Gasteiger partial charge is 0.549 e. The second-order valence-electron chi connectivity index (χ2n) is 7.91. The molecule has 1 heterocycles. The van der Waals surface area contributed by atoms with Gasteiger partial charge >= 0.3 is 6.18 Å². The highest BCUT2D eigenvalue weighted by Crippen LogP contribution is 2.50. The van der Waals surface area contributed by atoms with Crippen molar-refractivity contribution in [2.45, 2.75) is 38.4 Å². The Bertz CT molecular complexity index is 1140. The molecule has 168 valence electrons. The molecular formula is C23H18F5N2O2-. The Kier molecular flexibility index (Phi) is 6.00. The van der Waals surface area contributed by atoms with E-state index < -0.39 is 52.3 Å². The van der Waals surface area contributed by atoms with Gasteiger partial charge in [0.1, 0.15) is 11.6 Å². The molecule has 32 heavy (non-hydrogen) atoms. The van der Waals surface area contributed by atoms with Crippen molar-refractivity contribution < 1.29 is 31.9 Å². The molecule has 4 nitrogen and oxygen atoms in total. The van der Waals surface area contributed by atoms with Gasteiger partial charge in [0, 0.05) is 29.5 Å². The van der Waals surface area contributed by atoms with E-state index in [1.165, 1.54) is 32.0 Å². The first kappa shape index (κ1) is 23.3. The van der Waals surface area contributed by atoms with Gasteiger partial charge in [0.2, 0.25) is 0 Å². The minimum Gasteiger partial charge on any atom is -0.549 e. The first-order valence-corrected chi connectivity index (χ1v) is 9.61. The molecule has 1 aliphatic heterocycles. The van der Waals surface area contributed by atoms with E-state index in [9.17, 15) is 37.1 Å². The van der Waals surface area contributed by atoms with E-state index in [2.05, 4.69) is 5.32 Å². The van der Waals surface area contributed by atoms with Crippen LogP contribution in [0.5, 0.6) is 0 Å². The lowest BCUT2D eigenvalue weighted by Gasteiger charge is -2.48. The number of carbonyl (C=O) groups is 1. The maximum Gasteiger partial charge on any atom is 0.416 e. The number of nitriles is 1. The number of benzene rings is 2. The molecule has 3 rings (SSSR count). The minimum absolute atomic E-state index is 0.0484. The molecule has 9 heteroatoms. The predicted molar refractivity (Wildman–Crippen MR) is 103 cm³/mol. The molecule has 0 fully saturated rings. The van der Waals surface area contributed by atoms with Gasteiger partial charge in [-0.15, -0.1) is 0 Å². The van der Waals surface area contributed by atoms with Gasteiger partial charge < -0.3 is 15.2 Å². The Morgan fingerprint density at radius 1 is 1.19 bits per heavy atom. The highest BCUT2D eigenvalue weighted by atomic mass is 19.4. The van der Waals surface area contributed by atoms with Crippen LogP contribution in [0.4, 0.5) is 22.0 Å². The number of carboxylic acid groups (broad SMARTS) is 1. The zero-order chi connectivity index (χ0) is 23.8. The fourth-order valence-corrected chi connectivity index (χ4v) is 4.14. The second-order valence-corrected chi connectivity index (χ2v) is 7.91. The van der Waals surface area contributed by atoms with E-state index in [1.807, 2.05) is 6.07 Å². The minimum atomic E-state index is -5.00. The second kappa shape index (κ2) is 8.26. The first-order chi connectivity index (χ1) is 14.9. The van der Waals surface area contributed by atoms with Crippen molar-refractivity contribution in [3.8, 4) is 6.07 Å². The van der Waals surface area contributed by atoms with Crippen LogP contribution in [0.15, 0.2) is 53.7 Å². The smallest absolute Gasteiger partial charge is 0.416 e. The van der Waals surface area contributed by atoms with E-state index in [1.54, 1.807) is 6.07 Å². The normalized spacial score (nSPS) is 23.4. The third-order valence-electron chi connectivity index (χ3n) is 5.97.